The van der Waals surface area contributed by atoms with Crippen molar-refractivity contribution in [1.82, 2.24) is 0 Å². The summed E-state index contributed by atoms with van der Waals surface area (Å²) in [6.45, 7) is 1.13. The highest BCUT2D eigenvalue weighted by atomic mass is 16.8. The van der Waals surface area contributed by atoms with Crippen LogP contribution >= 0.6 is 0 Å². The van der Waals surface area contributed by atoms with Crippen LogP contribution in [0.4, 0.5) is 0 Å². The van der Waals surface area contributed by atoms with Crippen LogP contribution in [0.2, 0.25) is 0 Å². The van der Waals surface area contributed by atoms with Gasteiger partial charge in [0.2, 0.25) is 0 Å². The molecule has 3 aromatic carbocycles. The predicted molar refractivity (Wildman–Crippen MR) is 120 cm³/mol. The Morgan fingerprint density at radius 1 is 0.758 bits per heavy atom. The minimum atomic E-state index is -0.697. The van der Waals surface area contributed by atoms with E-state index in [0.29, 0.717) is 25.4 Å². The first-order valence-electron chi connectivity index (χ1n) is 11.1. The van der Waals surface area contributed by atoms with Gasteiger partial charge >= 0.3 is 5.97 Å². The van der Waals surface area contributed by atoms with Crippen molar-refractivity contribution in [1.29, 1.82) is 0 Å². The lowest BCUT2D eigenvalue weighted by Crippen LogP contribution is -2.44. The molecule has 0 aliphatic carbocycles. The Hall–Kier alpha value is -3.03. The van der Waals surface area contributed by atoms with Gasteiger partial charge in [0.25, 0.3) is 0 Å². The van der Waals surface area contributed by atoms with E-state index < -0.39 is 30.6 Å². The van der Waals surface area contributed by atoms with Crippen LogP contribution in [0.1, 0.15) is 21.5 Å². The molecule has 0 aromatic heterocycles. The minimum absolute atomic E-state index is 0.340. The lowest BCUT2D eigenvalue weighted by Gasteiger charge is -2.30. The largest absolute Gasteiger partial charge is 0.450 e. The third-order valence-corrected chi connectivity index (χ3v) is 5.84. The van der Waals surface area contributed by atoms with E-state index in [1.165, 1.54) is 0 Å². The maximum atomic E-state index is 12.8. The van der Waals surface area contributed by atoms with Crippen LogP contribution < -0.4 is 0 Å². The fourth-order valence-electron chi connectivity index (χ4n) is 4.13. The molecule has 0 spiro atoms. The molecule has 2 aliphatic heterocycles. The zero-order chi connectivity index (χ0) is 22.5. The molecule has 2 fully saturated rings. The molecule has 0 saturated carbocycles. The van der Waals surface area contributed by atoms with Crippen LogP contribution in [0.3, 0.4) is 0 Å². The normalized spacial score (nSPS) is 26.1. The van der Waals surface area contributed by atoms with Gasteiger partial charge in [-0.05, 0) is 23.3 Å². The van der Waals surface area contributed by atoms with Gasteiger partial charge in [0.15, 0.2) is 12.4 Å². The number of hydrogen-bond acceptors (Lipinski definition) is 6. The smallest absolute Gasteiger partial charge is 0.338 e. The van der Waals surface area contributed by atoms with Crippen LogP contribution in [-0.4, -0.2) is 43.3 Å². The molecule has 0 amide bonds. The fraction of sp³-hybridized carbons (Fsp3) is 0.296. The fourth-order valence-corrected chi connectivity index (χ4v) is 4.13. The summed E-state index contributed by atoms with van der Waals surface area (Å²) >= 11 is 0. The van der Waals surface area contributed by atoms with Crippen molar-refractivity contribution >= 4 is 5.97 Å². The van der Waals surface area contributed by atoms with Crippen molar-refractivity contribution in [2.24, 2.45) is 0 Å². The molecule has 0 N–H and O–H groups in total. The van der Waals surface area contributed by atoms with Gasteiger partial charge in [-0.1, -0.05) is 78.9 Å². The molecule has 33 heavy (non-hydrogen) atoms. The molecule has 2 aliphatic rings. The van der Waals surface area contributed by atoms with Crippen molar-refractivity contribution < 1.29 is 28.5 Å². The summed E-state index contributed by atoms with van der Waals surface area (Å²) in [6.07, 6.45) is -2.67. The molecule has 6 heteroatoms. The first-order chi connectivity index (χ1) is 16.3. The summed E-state index contributed by atoms with van der Waals surface area (Å²) < 4.78 is 30.3. The molecule has 0 radical (unpaired) electrons. The number of rotatable bonds is 8. The Labute approximate surface area is 193 Å². The van der Waals surface area contributed by atoms with E-state index in [-0.39, 0.29) is 6.10 Å². The second-order valence-corrected chi connectivity index (χ2v) is 8.13. The number of ether oxygens (including phenoxy) is 5. The summed E-state index contributed by atoms with van der Waals surface area (Å²) in [6, 6.07) is 28.7. The predicted octanol–water partition coefficient (Wildman–Crippen LogP) is 4.14. The third-order valence-electron chi connectivity index (χ3n) is 5.84. The highest BCUT2D eigenvalue weighted by molar-refractivity contribution is 5.89. The number of benzene rings is 3. The zero-order valence-electron chi connectivity index (χ0n) is 18.1. The summed E-state index contributed by atoms with van der Waals surface area (Å²) in [5, 5.41) is 0. The standard InChI is InChI=1S/C27H26O6/c28-26(21-14-8-3-9-15-21)32-25-24(30-17-20-12-6-2-7-13-20)23-22(18-31-27(25)33-23)29-16-19-10-4-1-5-11-19/h1-15,22-25,27H,16-18H2/t22-,23-,24+,25-,27-/m1/s1. The Bertz CT molecular complexity index is 1030. The van der Waals surface area contributed by atoms with E-state index in [0.717, 1.165) is 11.1 Å². The minimum Gasteiger partial charge on any atom is -0.450 e. The Kier molecular flexibility index (Phi) is 6.79. The molecule has 6 nitrogen and oxygen atoms in total. The van der Waals surface area contributed by atoms with E-state index >= 15 is 0 Å². The molecule has 5 atom stereocenters. The molecule has 3 aromatic rings. The molecular formula is C27H26O6. The van der Waals surface area contributed by atoms with Crippen LogP contribution in [0.5, 0.6) is 0 Å². The SMILES string of the molecule is O=C(O[C@H]1[C@@H]2OC[C@@H](OCc3ccccc3)[C@@H](O2)[C@@H]1OCc1ccccc1)c1ccccc1. The maximum Gasteiger partial charge on any atom is 0.338 e. The summed E-state index contributed by atoms with van der Waals surface area (Å²) in [5.41, 5.74) is 2.55. The first-order valence-corrected chi connectivity index (χ1v) is 11.1. The highest BCUT2D eigenvalue weighted by Gasteiger charge is 2.55. The van der Waals surface area contributed by atoms with Gasteiger partial charge < -0.3 is 23.7 Å². The first kappa shape index (κ1) is 21.8. The van der Waals surface area contributed by atoms with Gasteiger partial charge in [-0.2, -0.15) is 0 Å². The topological polar surface area (TPSA) is 63.2 Å². The van der Waals surface area contributed by atoms with Gasteiger partial charge in [-0.15, -0.1) is 0 Å². The van der Waals surface area contributed by atoms with Gasteiger partial charge in [0.1, 0.15) is 18.3 Å². The number of hydrogen-bond donors (Lipinski definition) is 0. The van der Waals surface area contributed by atoms with E-state index in [9.17, 15) is 4.79 Å². The average Bonchev–Trinajstić information content (AvgIpc) is 3.15. The summed E-state index contributed by atoms with van der Waals surface area (Å²) in [7, 11) is 0. The number of carbonyl (C=O) groups excluding carboxylic acids is 1. The zero-order valence-corrected chi connectivity index (χ0v) is 18.1. The number of fused-ring (bicyclic) bond motifs is 2. The number of esters is 1. The second kappa shape index (κ2) is 10.3. The van der Waals surface area contributed by atoms with Crippen molar-refractivity contribution in [3.8, 4) is 0 Å². The van der Waals surface area contributed by atoms with Gasteiger partial charge in [-0.3, -0.25) is 0 Å². The Morgan fingerprint density at radius 2 is 1.33 bits per heavy atom. The van der Waals surface area contributed by atoms with E-state index in [2.05, 4.69) is 0 Å². The summed E-state index contributed by atoms with van der Waals surface area (Å²) in [4.78, 5) is 12.8. The lowest BCUT2D eigenvalue weighted by atomic mass is 10.1. The molecule has 0 unspecified atom stereocenters. The highest BCUT2D eigenvalue weighted by Crippen LogP contribution is 2.36. The van der Waals surface area contributed by atoms with Gasteiger partial charge in [0.05, 0.1) is 25.4 Å². The maximum absolute atomic E-state index is 12.8. The van der Waals surface area contributed by atoms with Crippen molar-refractivity contribution in [3.05, 3.63) is 108 Å². The molecular weight excluding hydrogens is 420 g/mol. The molecule has 2 bridgehead atoms. The average molecular weight is 446 g/mol. The van der Waals surface area contributed by atoms with Crippen LogP contribution in [0.15, 0.2) is 91.0 Å². The van der Waals surface area contributed by atoms with E-state index in [1.54, 1.807) is 24.3 Å². The van der Waals surface area contributed by atoms with Crippen LogP contribution in [0.25, 0.3) is 0 Å². The Morgan fingerprint density at radius 3 is 1.97 bits per heavy atom. The Balaban J connectivity index is 1.32. The monoisotopic (exact) mass is 446 g/mol. The van der Waals surface area contributed by atoms with Crippen molar-refractivity contribution in [2.45, 2.75) is 43.9 Å². The van der Waals surface area contributed by atoms with Crippen LogP contribution in [-0.2, 0) is 36.9 Å². The number of carbonyl (C=O) groups is 1. The van der Waals surface area contributed by atoms with Crippen molar-refractivity contribution in [2.75, 3.05) is 6.61 Å². The quantitative estimate of drug-likeness (QED) is 0.485. The van der Waals surface area contributed by atoms with Gasteiger partial charge in [0, 0.05) is 0 Å². The summed E-state index contributed by atoms with van der Waals surface area (Å²) in [5.74, 6) is -0.435. The van der Waals surface area contributed by atoms with E-state index in [4.69, 9.17) is 23.7 Å². The molecule has 2 heterocycles. The molecule has 170 valence electrons. The van der Waals surface area contributed by atoms with Gasteiger partial charge in [-0.25, -0.2) is 4.79 Å². The lowest BCUT2D eigenvalue weighted by molar-refractivity contribution is -0.245. The van der Waals surface area contributed by atoms with Crippen molar-refractivity contribution in [3.63, 3.8) is 0 Å². The van der Waals surface area contributed by atoms with E-state index in [1.807, 2.05) is 66.7 Å². The molecule has 5 rings (SSSR count). The second-order valence-electron chi connectivity index (χ2n) is 8.13. The molecule has 2 saturated heterocycles. The third kappa shape index (κ3) is 5.15. The van der Waals surface area contributed by atoms with Crippen LogP contribution in [0, 0.1) is 0 Å².